The number of ether oxygens (including phenoxy) is 3. The molecule has 2 aliphatic heterocycles. The molecule has 1 saturated heterocycles. The van der Waals surface area contributed by atoms with Crippen LogP contribution in [0.15, 0.2) is 42.5 Å². The van der Waals surface area contributed by atoms with Crippen LogP contribution in [0.4, 0.5) is 18.9 Å². The molecule has 1 fully saturated rings. The number of carbonyl (C=O) groups is 1. The second kappa shape index (κ2) is 7.73. The zero-order valence-corrected chi connectivity index (χ0v) is 15.4. The van der Waals surface area contributed by atoms with Crippen molar-refractivity contribution in [2.75, 3.05) is 44.5 Å². The lowest BCUT2D eigenvalue weighted by Crippen LogP contribution is -2.50. The topological polar surface area (TPSA) is 51.2 Å². The molecule has 0 radical (unpaired) electrons. The Morgan fingerprint density at radius 3 is 2.52 bits per heavy atom. The minimum absolute atomic E-state index is 0.122. The van der Waals surface area contributed by atoms with E-state index in [1.807, 2.05) is 4.90 Å². The number of hydrogen-bond acceptors (Lipinski definition) is 5. The molecule has 2 heterocycles. The number of alkyl halides is 3. The zero-order chi connectivity index (χ0) is 20.4. The van der Waals surface area contributed by atoms with Gasteiger partial charge in [0.1, 0.15) is 5.75 Å². The summed E-state index contributed by atoms with van der Waals surface area (Å²) in [5, 5.41) is 0. The van der Waals surface area contributed by atoms with Crippen molar-refractivity contribution >= 4 is 11.6 Å². The molecule has 0 spiro atoms. The highest BCUT2D eigenvalue weighted by molar-refractivity contribution is 5.78. The van der Waals surface area contributed by atoms with E-state index < -0.39 is 11.7 Å². The van der Waals surface area contributed by atoms with Crippen LogP contribution in [0, 0.1) is 0 Å². The smallest absolute Gasteiger partial charge is 0.416 e. The number of amides is 1. The van der Waals surface area contributed by atoms with Crippen LogP contribution in [-0.4, -0.2) is 50.4 Å². The standard InChI is InChI=1S/C20H19F3N2O4/c21-20(22,23)14-2-1-3-15(10-14)24-6-8-25(9-7-24)19(26)12-27-16-4-5-17-18(11-16)29-13-28-17/h1-5,10-11H,6-9,12-13H2. The van der Waals surface area contributed by atoms with Crippen LogP contribution >= 0.6 is 0 Å². The maximum absolute atomic E-state index is 12.9. The maximum atomic E-state index is 12.9. The lowest BCUT2D eigenvalue weighted by Gasteiger charge is -2.36. The first-order valence-corrected chi connectivity index (χ1v) is 9.12. The number of halogens is 3. The third-order valence-electron chi connectivity index (χ3n) is 4.88. The first-order valence-electron chi connectivity index (χ1n) is 9.12. The van der Waals surface area contributed by atoms with E-state index in [9.17, 15) is 18.0 Å². The van der Waals surface area contributed by atoms with Gasteiger partial charge in [-0.05, 0) is 30.3 Å². The van der Waals surface area contributed by atoms with E-state index in [0.717, 1.165) is 12.1 Å². The van der Waals surface area contributed by atoms with Crippen molar-refractivity contribution in [2.45, 2.75) is 6.18 Å². The summed E-state index contributed by atoms with van der Waals surface area (Å²) in [5.74, 6) is 1.54. The van der Waals surface area contributed by atoms with E-state index in [-0.39, 0.29) is 19.3 Å². The van der Waals surface area contributed by atoms with Crippen LogP contribution in [-0.2, 0) is 11.0 Å². The number of rotatable bonds is 4. The van der Waals surface area contributed by atoms with Gasteiger partial charge in [-0.15, -0.1) is 0 Å². The highest BCUT2D eigenvalue weighted by Crippen LogP contribution is 2.35. The number of piperazine rings is 1. The summed E-state index contributed by atoms with van der Waals surface area (Å²) in [6, 6.07) is 10.3. The van der Waals surface area contributed by atoms with Gasteiger partial charge in [0.2, 0.25) is 6.79 Å². The number of hydrogen-bond donors (Lipinski definition) is 0. The van der Waals surface area contributed by atoms with Gasteiger partial charge in [-0.3, -0.25) is 4.79 Å². The molecule has 154 valence electrons. The molecule has 0 saturated carbocycles. The average Bonchev–Trinajstić information content (AvgIpc) is 3.19. The molecule has 4 rings (SSSR count). The average molecular weight is 408 g/mol. The molecular formula is C20H19F3N2O4. The van der Waals surface area contributed by atoms with Gasteiger partial charge in [-0.25, -0.2) is 0 Å². The molecule has 0 atom stereocenters. The van der Waals surface area contributed by atoms with Crippen LogP contribution in [0.1, 0.15) is 5.56 Å². The summed E-state index contributed by atoms with van der Waals surface area (Å²) in [7, 11) is 0. The van der Waals surface area contributed by atoms with Crippen LogP contribution in [0.2, 0.25) is 0 Å². The van der Waals surface area contributed by atoms with E-state index in [1.165, 1.54) is 6.07 Å². The van der Waals surface area contributed by atoms with Gasteiger partial charge in [0.15, 0.2) is 18.1 Å². The molecule has 2 aromatic rings. The molecule has 2 aliphatic rings. The number of benzene rings is 2. The fourth-order valence-electron chi connectivity index (χ4n) is 3.30. The largest absolute Gasteiger partial charge is 0.484 e. The lowest BCUT2D eigenvalue weighted by atomic mass is 10.1. The summed E-state index contributed by atoms with van der Waals surface area (Å²) >= 11 is 0. The first-order chi connectivity index (χ1) is 13.9. The van der Waals surface area contributed by atoms with Crippen molar-refractivity contribution in [3.05, 3.63) is 48.0 Å². The van der Waals surface area contributed by atoms with Gasteiger partial charge >= 0.3 is 6.18 Å². The molecule has 29 heavy (non-hydrogen) atoms. The van der Waals surface area contributed by atoms with Crippen molar-refractivity contribution in [2.24, 2.45) is 0 Å². The second-order valence-corrected chi connectivity index (χ2v) is 6.72. The lowest BCUT2D eigenvalue weighted by molar-refractivity contribution is -0.137. The van der Waals surface area contributed by atoms with Gasteiger partial charge < -0.3 is 24.0 Å². The van der Waals surface area contributed by atoms with Gasteiger partial charge in [0.05, 0.1) is 5.56 Å². The third-order valence-corrected chi connectivity index (χ3v) is 4.88. The molecule has 0 aromatic heterocycles. The highest BCUT2D eigenvalue weighted by atomic mass is 19.4. The quantitative estimate of drug-likeness (QED) is 0.778. The van der Waals surface area contributed by atoms with Gasteiger partial charge in [0, 0.05) is 37.9 Å². The number of anilines is 1. The molecule has 0 unspecified atom stereocenters. The second-order valence-electron chi connectivity index (χ2n) is 6.72. The minimum Gasteiger partial charge on any atom is -0.484 e. The van der Waals surface area contributed by atoms with Gasteiger partial charge in [-0.1, -0.05) is 6.07 Å². The van der Waals surface area contributed by atoms with Gasteiger partial charge in [-0.2, -0.15) is 13.2 Å². The normalized spacial score (nSPS) is 16.1. The molecule has 0 N–H and O–H groups in total. The van der Waals surface area contributed by atoms with Crippen molar-refractivity contribution in [3.63, 3.8) is 0 Å². The van der Waals surface area contributed by atoms with Gasteiger partial charge in [0.25, 0.3) is 5.91 Å². The van der Waals surface area contributed by atoms with E-state index in [0.29, 0.717) is 49.1 Å². The Morgan fingerprint density at radius 1 is 1.00 bits per heavy atom. The van der Waals surface area contributed by atoms with Crippen LogP contribution in [0.5, 0.6) is 17.2 Å². The van der Waals surface area contributed by atoms with E-state index >= 15 is 0 Å². The summed E-state index contributed by atoms with van der Waals surface area (Å²) in [4.78, 5) is 15.9. The summed E-state index contributed by atoms with van der Waals surface area (Å²) < 4.78 is 54.7. The Bertz CT molecular complexity index is 896. The molecule has 2 aromatic carbocycles. The third kappa shape index (κ3) is 4.33. The van der Waals surface area contributed by atoms with E-state index in [2.05, 4.69) is 0 Å². The van der Waals surface area contributed by atoms with Crippen LogP contribution < -0.4 is 19.1 Å². The molecule has 0 bridgehead atoms. The maximum Gasteiger partial charge on any atom is 0.416 e. The van der Waals surface area contributed by atoms with E-state index in [4.69, 9.17) is 14.2 Å². The monoisotopic (exact) mass is 408 g/mol. The predicted molar refractivity (Wildman–Crippen MR) is 98.3 cm³/mol. The molecular weight excluding hydrogens is 389 g/mol. The van der Waals surface area contributed by atoms with Crippen LogP contribution in [0.3, 0.4) is 0 Å². The molecule has 1 amide bonds. The summed E-state index contributed by atoms with van der Waals surface area (Å²) in [6.07, 6.45) is -4.38. The minimum atomic E-state index is -4.38. The fourth-order valence-corrected chi connectivity index (χ4v) is 3.30. The van der Waals surface area contributed by atoms with Crippen molar-refractivity contribution in [3.8, 4) is 17.2 Å². The molecule has 6 nitrogen and oxygen atoms in total. The van der Waals surface area contributed by atoms with E-state index in [1.54, 1.807) is 29.2 Å². The highest BCUT2D eigenvalue weighted by Gasteiger charge is 2.31. The Labute approximate surface area is 165 Å². The Hall–Kier alpha value is -3.10. The number of nitrogens with zero attached hydrogens (tertiary/aromatic N) is 2. The van der Waals surface area contributed by atoms with Crippen LogP contribution in [0.25, 0.3) is 0 Å². The number of fused-ring (bicyclic) bond motifs is 1. The Balaban J connectivity index is 1.30. The molecule has 9 heteroatoms. The first kappa shape index (κ1) is 19.2. The Morgan fingerprint density at radius 2 is 1.76 bits per heavy atom. The van der Waals surface area contributed by atoms with Crippen molar-refractivity contribution in [1.29, 1.82) is 0 Å². The summed E-state index contributed by atoms with van der Waals surface area (Å²) in [6.45, 7) is 1.78. The predicted octanol–water partition coefficient (Wildman–Crippen LogP) is 3.16. The molecule has 0 aliphatic carbocycles. The number of carbonyl (C=O) groups excluding carboxylic acids is 1. The fraction of sp³-hybridized carbons (Fsp3) is 0.350. The zero-order valence-electron chi connectivity index (χ0n) is 15.4. The van der Waals surface area contributed by atoms with Crippen molar-refractivity contribution < 1.29 is 32.2 Å². The Kier molecular flexibility index (Phi) is 5.12. The van der Waals surface area contributed by atoms with Crippen molar-refractivity contribution in [1.82, 2.24) is 4.90 Å². The SMILES string of the molecule is O=C(COc1ccc2c(c1)OCO2)N1CCN(c2cccc(C(F)(F)F)c2)CC1. The summed E-state index contributed by atoms with van der Waals surface area (Å²) in [5.41, 5.74) is -0.172.